The Morgan fingerprint density at radius 1 is 1.15 bits per heavy atom. The van der Waals surface area contributed by atoms with Crippen molar-refractivity contribution < 1.29 is 4.79 Å². The number of hydrogen-bond acceptors (Lipinski definition) is 6. The van der Waals surface area contributed by atoms with E-state index in [-0.39, 0.29) is 23.3 Å². The Morgan fingerprint density at radius 3 is 2.70 bits per heavy atom. The molecular weight excluding hydrogens is 342 g/mol. The summed E-state index contributed by atoms with van der Waals surface area (Å²) in [5.74, 6) is 1.08. The van der Waals surface area contributed by atoms with Crippen LogP contribution in [0.2, 0.25) is 0 Å². The lowest BCUT2D eigenvalue weighted by Gasteiger charge is -2.39. The second-order valence-corrected chi connectivity index (χ2v) is 7.43. The van der Waals surface area contributed by atoms with Gasteiger partial charge in [-0.3, -0.25) is 4.79 Å². The molecule has 1 aromatic carbocycles. The largest absolute Gasteiger partial charge is 0.368 e. The first-order valence-corrected chi connectivity index (χ1v) is 9.22. The molecule has 2 aromatic heterocycles. The highest BCUT2D eigenvalue weighted by atomic mass is 16.2. The quantitative estimate of drug-likeness (QED) is 0.637. The minimum atomic E-state index is -0.139. The van der Waals surface area contributed by atoms with E-state index in [0.29, 0.717) is 5.65 Å². The lowest BCUT2D eigenvalue weighted by molar-refractivity contribution is -0.121. The molecule has 4 heterocycles. The van der Waals surface area contributed by atoms with E-state index in [1.807, 2.05) is 30.3 Å². The third kappa shape index (κ3) is 2.68. The maximum Gasteiger partial charge on any atom is 0.228 e. The number of piperidine rings is 1. The molecule has 2 aliphatic heterocycles. The number of carbonyl (C=O) groups excluding carboxylic acids is 1. The van der Waals surface area contributed by atoms with Gasteiger partial charge in [0.2, 0.25) is 11.9 Å². The predicted molar refractivity (Wildman–Crippen MR) is 102 cm³/mol. The minimum Gasteiger partial charge on any atom is -0.368 e. The van der Waals surface area contributed by atoms with Gasteiger partial charge in [-0.15, -0.1) is 0 Å². The van der Waals surface area contributed by atoms with Crippen LogP contribution >= 0.6 is 0 Å². The zero-order valence-electron chi connectivity index (χ0n) is 14.9. The van der Waals surface area contributed by atoms with Crippen molar-refractivity contribution in [1.29, 1.82) is 0 Å². The molecule has 1 unspecified atom stereocenters. The monoisotopic (exact) mass is 363 g/mol. The number of nitrogens with zero attached hydrogens (tertiary/aromatic N) is 4. The van der Waals surface area contributed by atoms with E-state index in [4.69, 9.17) is 5.73 Å². The molecule has 0 saturated carbocycles. The van der Waals surface area contributed by atoms with Gasteiger partial charge in [-0.25, -0.2) is 4.98 Å². The van der Waals surface area contributed by atoms with Crippen molar-refractivity contribution in [3.05, 3.63) is 42.2 Å². The number of fused-ring (bicyclic) bond motifs is 1. The van der Waals surface area contributed by atoms with Crippen molar-refractivity contribution in [2.45, 2.75) is 30.7 Å². The van der Waals surface area contributed by atoms with Crippen molar-refractivity contribution in [2.75, 3.05) is 23.7 Å². The average molecular weight is 363 g/mol. The molecule has 138 valence electrons. The number of imidazole rings is 1. The number of nitrogen functional groups attached to an aromatic ring is 1. The Morgan fingerprint density at radius 2 is 1.93 bits per heavy atom. The zero-order chi connectivity index (χ0) is 18.4. The van der Waals surface area contributed by atoms with Crippen LogP contribution in [-0.4, -0.2) is 44.5 Å². The molecule has 1 atom stereocenters. The third-order valence-corrected chi connectivity index (χ3v) is 5.81. The summed E-state index contributed by atoms with van der Waals surface area (Å²) in [7, 11) is 0. The molecule has 1 amide bonds. The second kappa shape index (κ2) is 5.94. The minimum absolute atomic E-state index is 0.0632. The molecule has 5 rings (SSSR count). The van der Waals surface area contributed by atoms with Crippen LogP contribution in [-0.2, 0) is 4.79 Å². The Hall–Kier alpha value is -3.16. The summed E-state index contributed by atoms with van der Waals surface area (Å²) in [4.78, 5) is 30.7. The molecular formula is C19H21N7O. The van der Waals surface area contributed by atoms with Crippen molar-refractivity contribution in [3.63, 3.8) is 0 Å². The Balaban J connectivity index is 1.36. The Bertz CT molecular complexity index is 992. The summed E-state index contributed by atoms with van der Waals surface area (Å²) < 4.78 is 0. The van der Waals surface area contributed by atoms with Crippen LogP contribution in [0.4, 0.5) is 11.8 Å². The molecule has 1 spiro atoms. The van der Waals surface area contributed by atoms with Crippen LogP contribution in [0.3, 0.4) is 0 Å². The highest BCUT2D eigenvalue weighted by Gasteiger charge is 2.46. The second-order valence-electron chi connectivity index (χ2n) is 7.43. The van der Waals surface area contributed by atoms with Gasteiger partial charge in [0, 0.05) is 18.6 Å². The standard InChI is InChI=1S/C19H21N7O/c20-18-23-15-14(21-11-22-15)16(24-18)26-8-6-19(7-9-26)10-13(17(27)25-19)12-4-2-1-3-5-12/h1-5,11,13H,6-10H2,(H,25,27)(H3,20,21,22,23,24). The van der Waals surface area contributed by atoms with Crippen molar-refractivity contribution in [1.82, 2.24) is 25.3 Å². The molecule has 2 aliphatic rings. The van der Waals surface area contributed by atoms with Crippen LogP contribution in [0.25, 0.3) is 11.2 Å². The fourth-order valence-corrected chi connectivity index (χ4v) is 4.38. The Labute approximate surface area is 156 Å². The third-order valence-electron chi connectivity index (χ3n) is 5.81. The highest BCUT2D eigenvalue weighted by Crippen LogP contribution is 2.40. The van der Waals surface area contributed by atoms with Gasteiger partial charge in [0.05, 0.1) is 12.2 Å². The molecule has 0 radical (unpaired) electrons. The summed E-state index contributed by atoms with van der Waals surface area (Å²) in [5.41, 5.74) is 8.19. The fourth-order valence-electron chi connectivity index (χ4n) is 4.38. The van der Waals surface area contributed by atoms with E-state index < -0.39 is 0 Å². The number of aromatic nitrogens is 4. The first-order chi connectivity index (χ1) is 13.1. The summed E-state index contributed by atoms with van der Waals surface area (Å²) in [6.45, 7) is 1.60. The SMILES string of the molecule is Nc1nc(N2CCC3(CC2)CC(c2ccccc2)C(=O)N3)c2[nH]cnc2n1. The van der Waals surface area contributed by atoms with E-state index in [1.54, 1.807) is 6.33 Å². The van der Waals surface area contributed by atoms with Crippen molar-refractivity contribution in [2.24, 2.45) is 0 Å². The molecule has 8 heteroatoms. The number of aromatic amines is 1. The number of carbonyl (C=O) groups is 1. The number of nitrogens with one attached hydrogen (secondary N) is 2. The van der Waals surface area contributed by atoms with Crippen molar-refractivity contribution >= 4 is 28.8 Å². The number of nitrogens with two attached hydrogens (primary N) is 1. The number of anilines is 2. The molecule has 2 fully saturated rings. The molecule has 27 heavy (non-hydrogen) atoms. The van der Waals surface area contributed by atoms with Gasteiger partial charge < -0.3 is 20.9 Å². The Kier molecular flexibility index (Phi) is 3.53. The molecule has 3 aromatic rings. The topological polar surface area (TPSA) is 113 Å². The lowest BCUT2D eigenvalue weighted by atomic mass is 9.82. The van der Waals surface area contributed by atoms with Crippen LogP contribution in [0.1, 0.15) is 30.7 Å². The van der Waals surface area contributed by atoms with E-state index in [2.05, 4.69) is 30.2 Å². The predicted octanol–water partition coefficient (Wildman–Crippen LogP) is 1.58. The first kappa shape index (κ1) is 16.0. The smallest absolute Gasteiger partial charge is 0.228 e. The van der Waals surface area contributed by atoms with Gasteiger partial charge in [0.1, 0.15) is 5.52 Å². The van der Waals surface area contributed by atoms with Crippen molar-refractivity contribution in [3.8, 4) is 0 Å². The number of H-pyrrole nitrogens is 1. The van der Waals surface area contributed by atoms with E-state index in [9.17, 15) is 4.79 Å². The molecule has 4 N–H and O–H groups in total. The summed E-state index contributed by atoms with van der Waals surface area (Å²) in [6.07, 6.45) is 4.20. The molecule has 2 saturated heterocycles. The van der Waals surface area contributed by atoms with Crippen LogP contribution < -0.4 is 16.0 Å². The number of benzene rings is 1. The maximum absolute atomic E-state index is 12.6. The number of hydrogen-bond donors (Lipinski definition) is 3. The van der Waals surface area contributed by atoms with Gasteiger partial charge in [0.15, 0.2) is 11.5 Å². The van der Waals surface area contributed by atoms with E-state index >= 15 is 0 Å². The molecule has 0 bridgehead atoms. The summed E-state index contributed by atoms with van der Waals surface area (Å²) >= 11 is 0. The fraction of sp³-hybridized carbons (Fsp3) is 0.368. The highest BCUT2D eigenvalue weighted by molar-refractivity contribution is 5.87. The maximum atomic E-state index is 12.6. The number of rotatable bonds is 2. The average Bonchev–Trinajstić information content (AvgIpc) is 3.27. The van der Waals surface area contributed by atoms with Gasteiger partial charge in [-0.2, -0.15) is 9.97 Å². The summed E-state index contributed by atoms with van der Waals surface area (Å²) in [5, 5.41) is 3.29. The van der Waals surface area contributed by atoms with Crippen LogP contribution in [0, 0.1) is 0 Å². The molecule has 8 nitrogen and oxygen atoms in total. The zero-order valence-corrected chi connectivity index (χ0v) is 14.9. The van der Waals surface area contributed by atoms with E-state index in [0.717, 1.165) is 49.2 Å². The molecule has 0 aliphatic carbocycles. The normalized spacial score (nSPS) is 21.7. The van der Waals surface area contributed by atoms with Gasteiger partial charge in [0.25, 0.3) is 0 Å². The number of amides is 1. The lowest BCUT2D eigenvalue weighted by Crippen LogP contribution is -2.51. The van der Waals surface area contributed by atoms with Crippen LogP contribution in [0.15, 0.2) is 36.7 Å². The van der Waals surface area contributed by atoms with Gasteiger partial charge >= 0.3 is 0 Å². The van der Waals surface area contributed by atoms with E-state index in [1.165, 1.54) is 0 Å². The van der Waals surface area contributed by atoms with Gasteiger partial charge in [-0.05, 0) is 24.8 Å². The summed E-state index contributed by atoms with van der Waals surface area (Å²) in [6, 6.07) is 10.0. The first-order valence-electron chi connectivity index (χ1n) is 9.22. The van der Waals surface area contributed by atoms with Gasteiger partial charge in [-0.1, -0.05) is 30.3 Å². The van der Waals surface area contributed by atoms with Crippen LogP contribution in [0.5, 0.6) is 0 Å².